The van der Waals surface area contributed by atoms with Crippen LogP contribution in [0.1, 0.15) is 0 Å². The summed E-state index contributed by atoms with van der Waals surface area (Å²) in [6.45, 7) is 0. The summed E-state index contributed by atoms with van der Waals surface area (Å²) in [5.41, 5.74) is 3.12. The van der Waals surface area contributed by atoms with E-state index in [0.29, 0.717) is 16.8 Å². The Kier molecular flexibility index (Phi) is 5.84. The molecular weight excluding hydrogens is 467 g/mol. The predicted octanol–water partition coefficient (Wildman–Crippen LogP) is 5.31. The number of fused-ring (bicyclic) bond motifs is 1. The van der Waals surface area contributed by atoms with Gasteiger partial charge in [-0.1, -0.05) is 24.3 Å². The molecule has 3 aromatic carbocycles. The van der Waals surface area contributed by atoms with Crippen LogP contribution in [0.25, 0.3) is 33.2 Å². The molecule has 1 N–H and O–H groups in total. The number of benzene rings is 3. The molecule has 174 valence electrons. The first-order valence-corrected chi connectivity index (χ1v) is 12.0. The molecule has 0 radical (unpaired) electrons. The molecule has 5 aromatic rings. The lowest BCUT2D eigenvalue weighted by Crippen LogP contribution is -2.13. The highest BCUT2D eigenvalue weighted by molar-refractivity contribution is 7.92. The normalized spacial score (nSPS) is 11.4. The molecule has 0 saturated carbocycles. The third-order valence-corrected chi connectivity index (χ3v) is 6.85. The molecule has 35 heavy (non-hydrogen) atoms. The number of hydrogen-bond donors (Lipinski definition) is 1. The zero-order valence-electron chi connectivity index (χ0n) is 18.5. The van der Waals surface area contributed by atoms with E-state index in [0.717, 1.165) is 22.1 Å². The second kappa shape index (κ2) is 9.11. The summed E-state index contributed by atoms with van der Waals surface area (Å²) in [4.78, 5) is 12.3. The van der Waals surface area contributed by atoms with Gasteiger partial charge in [-0.2, -0.15) is 0 Å². The predicted molar refractivity (Wildman–Crippen MR) is 132 cm³/mol. The Hall–Kier alpha value is -4.37. The van der Waals surface area contributed by atoms with Crippen LogP contribution in [-0.4, -0.2) is 30.5 Å². The minimum Gasteiger partial charge on any atom is -0.496 e. The first-order valence-electron chi connectivity index (χ1n) is 10.6. The average molecular weight is 487 g/mol. The van der Waals surface area contributed by atoms with Gasteiger partial charge in [-0.05, 0) is 65.0 Å². The van der Waals surface area contributed by atoms with Crippen molar-refractivity contribution in [2.24, 2.45) is 0 Å². The summed E-state index contributed by atoms with van der Waals surface area (Å²) in [7, 11) is -2.28. The molecule has 0 spiro atoms. The van der Waals surface area contributed by atoms with Gasteiger partial charge in [0.15, 0.2) is 0 Å². The minimum atomic E-state index is -3.85. The summed E-state index contributed by atoms with van der Waals surface area (Å²) in [6.07, 6.45) is 4.35. The number of anilines is 1. The van der Waals surface area contributed by atoms with Crippen LogP contribution < -0.4 is 9.46 Å². The van der Waals surface area contributed by atoms with Crippen LogP contribution in [0.5, 0.6) is 5.75 Å². The fourth-order valence-corrected chi connectivity index (χ4v) is 4.84. The Bertz CT molecular complexity index is 1630. The van der Waals surface area contributed by atoms with Crippen molar-refractivity contribution in [2.75, 3.05) is 11.8 Å². The van der Waals surface area contributed by atoms with Gasteiger partial charge in [-0.3, -0.25) is 9.71 Å². The van der Waals surface area contributed by atoms with Gasteiger partial charge in [-0.15, -0.1) is 0 Å². The van der Waals surface area contributed by atoms with Gasteiger partial charge in [0, 0.05) is 23.3 Å². The first-order chi connectivity index (χ1) is 16.9. The average Bonchev–Trinajstić information content (AvgIpc) is 2.88. The Morgan fingerprint density at radius 2 is 1.66 bits per heavy atom. The highest BCUT2D eigenvalue weighted by atomic mass is 32.2. The number of hydrogen-bond acceptors (Lipinski definition) is 6. The molecule has 0 aliphatic carbocycles. The van der Waals surface area contributed by atoms with Crippen LogP contribution in [0.3, 0.4) is 0 Å². The molecule has 0 saturated heterocycles. The van der Waals surface area contributed by atoms with Gasteiger partial charge in [0.25, 0.3) is 10.0 Å². The van der Waals surface area contributed by atoms with E-state index in [9.17, 15) is 12.8 Å². The fourth-order valence-electron chi connectivity index (χ4n) is 3.79. The van der Waals surface area contributed by atoms with Crippen LogP contribution in [0.4, 0.5) is 10.2 Å². The summed E-state index contributed by atoms with van der Waals surface area (Å²) in [5.74, 6) is 0.473. The number of ether oxygens (including phenoxy) is 1. The third-order valence-electron chi connectivity index (χ3n) is 5.50. The molecule has 0 aliphatic rings. The zero-order chi connectivity index (χ0) is 24.4. The van der Waals surface area contributed by atoms with E-state index in [1.54, 1.807) is 43.6 Å². The summed E-state index contributed by atoms with van der Waals surface area (Å²) in [6, 6.07) is 20.0. The number of sulfonamides is 1. The van der Waals surface area contributed by atoms with Crippen LogP contribution in [0, 0.1) is 5.82 Å². The monoisotopic (exact) mass is 486 g/mol. The third kappa shape index (κ3) is 4.53. The van der Waals surface area contributed by atoms with Gasteiger partial charge >= 0.3 is 0 Å². The molecular formula is C26H19FN4O3S. The minimum absolute atomic E-state index is 0.0967. The Morgan fingerprint density at radius 1 is 0.857 bits per heavy atom. The van der Waals surface area contributed by atoms with Crippen molar-refractivity contribution in [3.63, 3.8) is 0 Å². The number of methoxy groups -OCH3 is 1. The standard InChI is InChI=1S/C26H19FN4O3S/c1-34-24-15-18(17-2-5-20(27)6-3-17)4-8-23(24)26-22-9-7-21(14-19(22)10-13-29-26)35(32,33)31-25-11-12-28-16-30-25/h2-16H,1H3,(H,28,30,31). The highest BCUT2D eigenvalue weighted by Crippen LogP contribution is 2.37. The quantitative estimate of drug-likeness (QED) is 0.350. The number of nitrogens with one attached hydrogen (secondary N) is 1. The lowest BCUT2D eigenvalue weighted by molar-refractivity contribution is 0.416. The highest BCUT2D eigenvalue weighted by Gasteiger charge is 2.18. The number of halogens is 1. The van der Waals surface area contributed by atoms with E-state index in [4.69, 9.17) is 4.74 Å². The van der Waals surface area contributed by atoms with Crippen LogP contribution >= 0.6 is 0 Å². The molecule has 0 aliphatic heterocycles. The second-order valence-electron chi connectivity index (χ2n) is 7.66. The van der Waals surface area contributed by atoms with Crippen molar-refractivity contribution in [3.8, 4) is 28.1 Å². The van der Waals surface area contributed by atoms with E-state index in [-0.39, 0.29) is 16.5 Å². The summed E-state index contributed by atoms with van der Waals surface area (Å²) >= 11 is 0. The smallest absolute Gasteiger partial charge is 0.263 e. The molecule has 2 heterocycles. The van der Waals surface area contributed by atoms with Gasteiger partial charge in [0.2, 0.25) is 0 Å². The van der Waals surface area contributed by atoms with Gasteiger partial charge < -0.3 is 4.74 Å². The van der Waals surface area contributed by atoms with Crippen molar-refractivity contribution in [1.29, 1.82) is 0 Å². The Morgan fingerprint density at radius 3 is 2.40 bits per heavy atom. The van der Waals surface area contributed by atoms with E-state index >= 15 is 0 Å². The number of rotatable bonds is 6. The van der Waals surface area contributed by atoms with Crippen LogP contribution in [0.15, 0.2) is 96.4 Å². The number of nitrogens with zero attached hydrogens (tertiary/aromatic N) is 3. The maximum absolute atomic E-state index is 13.3. The van der Waals surface area contributed by atoms with E-state index in [1.807, 2.05) is 18.2 Å². The fraction of sp³-hybridized carbons (Fsp3) is 0.0385. The van der Waals surface area contributed by atoms with E-state index in [2.05, 4.69) is 19.7 Å². The maximum Gasteiger partial charge on any atom is 0.263 e. The van der Waals surface area contributed by atoms with E-state index < -0.39 is 10.0 Å². The molecule has 9 heteroatoms. The lowest BCUT2D eigenvalue weighted by atomic mass is 9.99. The number of pyridine rings is 1. The largest absolute Gasteiger partial charge is 0.496 e. The number of aromatic nitrogens is 3. The Balaban J connectivity index is 1.54. The van der Waals surface area contributed by atoms with Gasteiger partial charge in [-0.25, -0.2) is 22.8 Å². The molecule has 0 fully saturated rings. The Labute approximate surface area is 201 Å². The first kappa shape index (κ1) is 22.4. The summed E-state index contributed by atoms with van der Waals surface area (Å²) < 4.78 is 47.1. The molecule has 5 rings (SSSR count). The van der Waals surface area contributed by atoms with Crippen molar-refractivity contribution < 1.29 is 17.5 Å². The maximum atomic E-state index is 13.3. The molecule has 2 aromatic heterocycles. The van der Waals surface area contributed by atoms with Crippen molar-refractivity contribution in [2.45, 2.75) is 4.90 Å². The van der Waals surface area contributed by atoms with E-state index in [1.165, 1.54) is 36.8 Å². The SMILES string of the molecule is COc1cc(-c2ccc(F)cc2)ccc1-c1nccc2cc(S(=O)(=O)Nc3ccncn3)ccc12. The molecule has 0 bridgehead atoms. The van der Waals surface area contributed by atoms with Gasteiger partial charge in [0.1, 0.15) is 23.7 Å². The van der Waals surface area contributed by atoms with Crippen LogP contribution in [0.2, 0.25) is 0 Å². The van der Waals surface area contributed by atoms with Crippen molar-refractivity contribution in [3.05, 3.63) is 97.3 Å². The van der Waals surface area contributed by atoms with Gasteiger partial charge in [0.05, 0.1) is 17.7 Å². The second-order valence-corrected chi connectivity index (χ2v) is 9.35. The lowest BCUT2D eigenvalue weighted by Gasteiger charge is -2.13. The topological polar surface area (TPSA) is 94.1 Å². The summed E-state index contributed by atoms with van der Waals surface area (Å²) in [5, 5.41) is 1.46. The zero-order valence-corrected chi connectivity index (χ0v) is 19.3. The molecule has 7 nitrogen and oxygen atoms in total. The molecule has 0 atom stereocenters. The molecule has 0 unspecified atom stereocenters. The van der Waals surface area contributed by atoms with Crippen LogP contribution in [-0.2, 0) is 10.0 Å². The van der Waals surface area contributed by atoms with Crippen molar-refractivity contribution >= 4 is 26.6 Å². The molecule has 0 amide bonds. The van der Waals surface area contributed by atoms with Crippen molar-refractivity contribution in [1.82, 2.24) is 15.0 Å².